The van der Waals surface area contributed by atoms with Crippen LogP contribution in [0.1, 0.15) is 32.2 Å². The molecule has 1 heterocycles. The number of nitrogens with zero attached hydrogens (tertiary/aromatic N) is 2. The molecule has 0 aliphatic heterocycles. The number of hydrogen-bond donors (Lipinski definition) is 0. The zero-order chi connectivity index (χ0) is 22.2. The van der Waals surface area contributed by atoms with Gasteiger partial charge >= 0.3 is 0 Å². The molecule has 0 saturated carbocycles. The topological polar surface area (TPSA) is 60.9 Å². The maximum Gasteiger partial charge on any atom is 0.258 e. The molecule has 0 atom stereocenters. The Hall–Kier alpha value is -2.90. The number of rotatable bonds is 10. The third-order valence-corrected chi connectivity index (χ3v) is 5.92. The molecule has 3 rings (SSSR count). The molecule has 31 heavy (non-hydrogen) atoms. The van der Waals surface area contributed by atoms with E-state index in [2.05, 4.69) is 24.9 Å². The summed E-state index contributed by atoms with van der Waals surface area (Å²) in [6.45, 7) is 5.80. The molecule has 6 nitrogen and oxygen atoms in total. The van der Waals surface area contributed by atoms with Crippen molar-refractivity contribution in [1.29, 1.82) is 0 Å². The van der Waals surface area contributed by atoms with E-state index in [0.717, 1.165) is 22.0 Å². The number of carbonyl (C=O) groups is 1. The minimum Gasteiger partial charge on any atom is -0.496 e. The Labute approximate surface area is 187 Å². The first-order chi connectivity index (χ1) is 15.0. The number of para-hydroxylation sites is 1. The summed E-state index contributed by atoms with van der Waals surface area (Å²) in [4.78, 5) is 19.6. The number of aryl methyl sites for hydroxylation is 1. The van der Waals surface area contributed by atoms with Crippen LogP contribution in [0.5, 0.6) is 11.5 Å². The van der Waals surface area contributed by atoms with Gasteiger partial charge in [-0.1, -0.05) is 24.3 Å². The molecule has 3 aromatic rings. The van der Waals surface area contributed by atoms with Gasteiger partial charge < -0.3 is 19.1 Å². The number of benzene rings is 2. The zero-order valence-electron chi connectivity index (χ0n) is 18.4. The normalized spacial score (nSPS) is 10.7. The fourth-order valence-corrected chi connectivity index (χ4v) is 3.85. The molecule has 2 aromatic carbocycles. The molecule has 0 unspecified atom stereocenters. The second-order valence-corrected chi connectivity index (χ2v) is 8.08. The lowest BCUT2D eigenvalue weighted by molar-refractivity contribution is 0.0675. The van der Waals surface area contributed by atoms with Crippen molar-refractivity contribution in [3.05, 3.63) is 75.2 Å². The molecule has 7 heteroatoms. The molecule has 0 spiro atoms. The number of methoxy groups -OCH3 is 2. The molecule has 1 amide bonds. The van der Waals surface area contributed by atoms with Gasteiger partial charge in [-0.05, 0) is 43.2 Å². The Morgan fingerprint density at radius 3 is 2.61 bits per heavy atom. The quantitative estimate of drug-likeness (QED) is 0.460. The molecule has 0 fully saturated rings. The van der Waals surface area contributed by atoms with Crippen LogP contribution in [0, 0.1) is 13.8 Å². The lowest BCUT2D eigenvalue weighted by Gasteiger charge is -2.22. The summed E-state index contributed by atoms with van der Waals surface area (Å²) in [6, 6.07) is 13.3. The van der Waals surface area contributed by atoms with E-state index in [1.165, 1.54) is 16.9 Å². The van der Waals surface area contributed by atoms with E-state index < -0.39 is 0 Å². The third kappa shape index (κ3) is 5.83. The summed E-state index contributed by atoms with van der Waals surface area (Å²) in [5.74, 6) is 1.30. The van der Waals surface area contributed by atoms with Gasteiger partial charge in [0.2, 0.25) is 0 Å². The standard InChI is InChI=1S/C24H28N2O4S/c1-17-8-7-11-21(18(17)2)30-15-23-25-19(16-31-23)14-26(12-13-28-3)24(27)20-9-5-6-10-22(20)29-4/h5-11,16H,12-15H2,1-4H3. The summed E-state index contributed by atoms with van der Waals surface area (Å²) in [5, 5.41) is 2.84. The molecule has 0 aliphatic rings. The minimum absolute atomic E-state index is 0.115. The Kier molecular flexibility index (Phi) is 8.03. The van der Waals surface area contributed by atoms with Crippen molar-refractivity contribution >= 4 is 17.2 Å². The van der Waals surface area contributed by atoms with Crippen LogP contribution in [-0.2, 0) is 17.9 Å². The molecular formula is C24H28N2O4S. The predicted molar refractivity (Wildman–Crippen MR) is 122 cm³/mol. The van der Waals surface area contributed by atoms with Crippen molar-refractivity contribution < 1.29 is 19.0 Å². The highest BCUT2D eigenvalue weighted by Gasteiger charge is 2.20. The SMILES string of the molecule is COCCN(Cc1csc(COc2cccc(C)c2C)n1)C(=O)c1ccccc1OC. The van der Waals surface area contributed by atoms with Crippen molar-refractivity contribution in [2.75, 3.05) is 27.4 Å². The van der Waals surface area contributed by atoms with E-state index >= 15 is 0 Å². The van der Waals surface area contributed by atoms with Gasteiger partial charge in [-0.25, -0.2) is 4.98 Å². The Balaban J connectivity index is 1.70. The molecule has 0 bridgehead atoms. The maximum atomic E-state index is 13.2. The first kappa shape index (κ1) is 22.8. The van der Waals surface area contributed by atoms with Gasteiger partial charge in [-0.2, -0.15) is 0 Å². The smallest absolute Gasteiger partial charge is 0.258 e. The average molecular weight is 441 g/mol. The summed E-state index contributed by atoms with van der Waals surface area (Å²) in [7, 11) is 3.19. The first-order valence-electron chi connectivity index (χ1n) is 10.1. The van der Waals surface area contributed by atoms with Gasteiger partial charge in [0.25, 0.3) is 5.91 Å². The van der Waals surface area contributed by atoms with E-state index in [4.69, 9.17) is 14.2 Å². The highest BCUT2D eigenvalue weighted by atomic mass is 32.1. The highest BCUT2D eigenvalue weighted by Crippen LogP contribution is 2.24. The monoisotopic (exact) mass is 440 g/mol. The molecule has 0 saturated heterocycles. The molecule has 0 N–H and O–H groups in total. The third-order valence-electron chi connectivity index (χ3n) is 5.05. The van der Waals surface area contributed by atoms with Gasteiger partial charge in [0.15, 0.2) is 0 Å². The summed E-state index contributed by atoms with van der Waals surface area (Å²) >= 11 is 1.53. The fraction of sp³-hybridized carbons (Fsp3) is 0.333. The largest absolute Gasteiger partial charge is 0.496 e. The van der Waals surface area contributed by atoms with E-state index in [-0.39, 0.29) is 5.91 Å². The van der Waals surface area contributed by atoms with Crippen molar-refractivity contribution in [3.8, 4) is 11.5 Å². The van der Waals surface area contributed by atoms with E-state index in [1.807, 2.05) is 29.6 Å². The first-order valence-corrected chi connectivity index (χ1v) is 10.9. The number of carbonyl (C=O) groups excluding carboxylic acids is 1. The molecular weight excluding hydrogens is 412 g/mol. The maximum absolute atomic E-state index is 13.2. The number of thiazole rings is 1. The highest BCUT2D eigenvalue weighted by molar-refractivity contribution is 7.09. The number of amides is 1. The van der Waals surface area contributed by atoms with E-state index in [9.17, 15) is 4.79 Å². The van der Waals surface area contributed by atoms with Crippen LogP contribution in [0.3, 0.4) is 0 Å². The van der Waals surface area contributed by atoms with Crippen LogP contribution >= 0.6 is 11.3 Å². The molecule has 0 aliphatic carbocycles. The molecule has 1 aromatic heterocycles. The fourth-order valence-electron chi connectivity index (χ4n) is 3.15. The summed E-state index contributed by atoms with van der Waals surface area (Å²) < 4.78 is 16.5. The van der Waals surface area contributed by atoms with Crippen LogP contribution in [0.15, 0.2) is 47.8 Å². The number of hydrogen-bond acceptors (Lipinski definition) is 6. The number of aromatic nitrogens is 1. The Morgan fingerprint density at radius 1 is 1.06 bits per heavy atom. The van der Waals surface area contributed by atoms with E-state index in [0.29, 0.717) is 37.6 Å². The van der Waals surface area contributed by atoms with Crippen LogP contribution in [0.25, 0.3) is 0 Å². The number of ether oxygens (including phenoxy) is 3. The van der Waals surface area contributed by atoms with Gasteiger partial charge in [0.05, 0.1) is 31.5 Å². The molecule has 0 radical (unpaired) electrons. The average Bonchev–Trinajstić information content (AvgIpc) is 3.24. The van der Waals surface area contributed by atoms with Gasteiger partial charge in [-0.15, -0.1) is 11.3 Å². The summed E-state index contributed by atoms with van der Waals surface area (Å²) in [5.41, 5.74) is 3.67. The summed E-state index contributed by atoms with van der Waals surface area (Å²) in [6.07, 6.45) is 0. The van der Waals surface area contributed by atoms with Gasteiger partial charge in [0, 0.05) is 19.0 Å². The van der Waals surface area contributed by atoms with Crippen molar-refractivity contribution in [1.82, 2.24) is 9.88 Å². The Bertz CT molecular complexity index is 1020. The van der Waals surface area contributed by atoms with Crippen LogP contribution in [0.4, 0.5) is 0 Å². The van der Waals surface area contributed by atoms with Gasteiger partial charge in [-0.3, -0.25) is 4.79 Å². The lowest BCUT2D eigenvalue weighted by Crippen LogP contribution is -2.33. The van der Waals surface area contributed by atoms with E-state index in [1.54, 1.807) is 31.3 Å². The lowest BCUT2D eigenvalue weighted by atomic mass is 10.1. The van der Waals surface area contributed by atoms with Crippen molar-refractivity contribution in [2.24, 2.45) is 0 Å². The van der Waals surface area contributed by atoms with Crippen LogP contribution in [-0.4, -0.2) is 43.2 Å². The van der Waals surface area contributed by atoms with Crippen molar-refractivity contribution in [3.63, 3.8) is 0 Å². The predicted octanol–water partition coefficient (Wildman–Crippen LogP) is 4.64. The molecule has 164 valence electrons. The van der Waals surface area contributed by atoms with Crippen LogP contribution in [0.2, 0.25) is 0 Å². The Morgan fingerprint density at radius 2 is 1.84 bits per heavy atom. The second-order valence-electron chi connectivity index (χ2n) is 7.14. The van der Waals surface area contributed by atoms with Crippen molar-refractivity contribution in [2.45, 2.75) is 27.0 Å². The minimum atomic E-state index is -0.115. The second kappa shape index (κ2) is 10.9. The van der Waals surface area contributed by atoms with Gasteiger partial charge in [0.1, 0.15) is 23.1 Å². The zero-order valence-corrected chi connectivity index (χ0v) is 19.2. The van der Waals surface area contributed by atoms with Crippen LogP contribution < -0.4 is 9.47 Å².